The maximum absolute atomic E-state index is 12.9. The number of ketones is 1. The highest BCUT2D eigenvalue weighted by Gasteiger charge is 2.28. The number of rotatable bonds is 5. The summed E-state index contributed by atoms with van der Waals surface area (Å²) in [7, 11) is 0. The molecule has 0 aliphatic carbocycles. The topological polar surface area (TPSA) is 75.7 Å². The molecule has 7 heteroatoms. The third kappa shape index (κ3) is 3.72. The van der Waals surface area contributed by atoms with Gasteiger partial charge in [0.15, 0.2) is 12.4 Å². The zero-order chi connectivity index (χ0) is 18.7. The quantitative estimate of drug-likeness (QED) is 0.836. The van der Waals surface area contributed by atoms with Crippen LogP contribution >= 0.6 is 0 Å². The summed E-state index contributed by atoms with van der Waals surface area (Å²) < 4.78 is 18.3. The molecular formula is C19H17FN2O4. The van der Waals surface area contributed by atoms with Crippen LogP contribution in [0.3, 0.4) is 0 Å². The van der Waals surface area contributed by atoms with Crippen molar-refractivity contribution in [2.45, 2.75) is 13.3 Å². The predicted molar refractivity (Wildman–Crippen MR) is 93.9 cm³/mol. The van der Waals surface area contributed by atoms with E-state index in [2.05, 4.69) is 5.32 Å². The first kappa shape index (κ1) is 17.6. The summed E-state index contributed by atoms with van der Waals surface area (Å²) >= 11 is 0. The summed E-state index contributed by atoms with van der Waals surface area (Å²) in [5, 5.41) is 2.61. The van der Waals surface area contributed by atoms with Gasteiger partial charge < -0.3 is 10.1 Å². The highest BCUT2D eigenvalue weighted by Crippen LogP contribution is 2.33. The first-order valence-corrected chi connectivity index (χ1v) is 8.13. The number of amides is 2. The molecule has 0 unspecified atom stereocenters. The molecule has 0 fully saturated rings. The lowest BCUT2D eigenvalue weighted by Gasteiger charge is -2.29. The molecule has 1 aliphatic rings. The number of nitrogens with one attached hydrogen (secondary N) is 1. The molecule has 134 valence electrons. The second-order valence-electron chi connectivity index (χ2n) is 5.78. The van der Waals surface area contributed by atoms with Crippen LogP contribution in [0.2, 0.25) is 0 Å². The van der Waals surface area contributed by atoms with Gasteiger partial charge >= 0.3 is 0 Å². The van der Waals surface area contributed by atoms with E-state index in [4.69, 9.17) is 4.74 Å². The predicted octanol–water partition coefficient (Wildman–Crippen LogP) is 2.78. The average Bonchev–Trinajstić information content (AvgIpc) is 2.65. The van der Waals surface area contributed by atoms with Crippen molar-refractivity contribution in [1.29, 1.82) is 0 Å². The van der Waals surface area contributed by atoms with Crippen LogP contribution in [0.1, 0.15) is 23.7 Å². The van der Waals surface area contributed by atoms with Crippen LogP contribution in [0.4, 0.5) is 15.8 Å². The fraction of sp³-hybridized carbons (Fsp3) is 0.211. The number of halogens is 1. The Bertz CT molecular complexity index is 864. The van der Waals surface area contributed by atoms with E-state index in [9.17, 15) is 18.8 Å². The standard InChI is InChI=1S/C19H17FN2O4/c1-2-16(23)12-3-8-17-15(9-12)22(19(25)11-26-17)10-18(24)21-14-6-4-13(20)5-7-14/h3-9H,2,10-11H2,1H3,(H,21,24). The summed E-state index contributed by atoms with van der Waals surface area (Å²) in [4.78, 5) is 37.7. The smallest absolute Gasteiger partial charge is 0.265 e. The fourth-order valence-electron chi connectivity index (χ4n) is 2.63. The maximum atomic E-state index is 12.9. The van der Waals surface area contributed by atoms with Crippen molar-refractivity contribution in [1.82, 2.24) is 0 Å². The Kier molecular flexibility index (Phi) is 4.97. The van der Waals surface area contributed by atoms with Crippen molar-refractivity contribution in [3.63, 3.8) is 0 Å². The number of ether oxygens (including phenoxy) is 1. The van der Waals surface area contributed by atoms with Crippen molar-refractivity contribution in [3.05, 3.63) is 53.8 Å². The van der Waals surface area contributed by atoms with Gasteiger partial charge in [0.2, 0.25) is 5.91 Å². The molecule has 1 aliphatic heterocycles. The van der Waals surface area contributed by atoms with Gasteiger partial charge in [-0.25, -0.2) is 4.39 Å². The number of carbonyl (C=O) groups excluding carboxylic acids is 3. The van der Waals surface area contributed by atoms with E-state index in [-0.39, 0.29) is 24.8 Å². The van der Waals surface area contributed by atoms with Crippen LogP contribution in [0.15, 0.2) is 42.5 Å². The molecular weight excluding hydrogens is 339 g/mol. The summed E-state index contributed by atoms with van der Waals surface area (Å²) in [5.41, 5.74) is 1.26. The first-order chi connectivity index (χ1) is 12.5. The van der Waals surface area contributed by atoms with E-state index in [1.165, 1.54) is 29.2 Å². The number of nitrogens with zero attached hydrogens (tertiary/aromatic N) is 1. The van der Waals surface area contributed by atoms with Crippen LogP contribution < -0.4 is 15.0 Å². The second-order valence-corrected chi connectivity index (χ2v) is 5.78. The van der Waals surface area contributed by atoms with Crippen LogP contribution in [-0.2, 0) is 9.59 Å². The van der Waals surface area contributed by atoms with Gasteiger partial charge in [-0.2, -0.15) is 0 Å². The van der Waals surface area contributed by atoms with E-state index in [0.717, 1.165) is 0 Å². The third-order valence-electron chi connectivity index (χ3n) is 3.97. The zero-order valence-electron chi connectivity index (χ0n) is 14.1. The van der Waals surface area contributed by atoms with Crippen LogP contribution in [0.5, 0.6) is 5.75 Å². The second kappa shape index (κ2) is 7.35. The van der Waals surface area contributed by atoms with Gasteiger partial charge in [-0.3, -0.25) is 19.3 Å². The first-order valence-electron chi connectivity index (χ1n) is 8.13. The van der Waals surface area contributed by atoms with Crippen molar-refractivity contribution in [2.75, 3.05) is 23.4 Å². The van der Waals surface area contributed by atoms with E-state index in [1.54, 1.807) is 25.1 Å². The zero-order valence-corrected chi connectivity index (χ0v) is 14.1. The Morgan fingerprint density at radius 3 is 2.62 bits per heavy atom. The highest BCUT2D eigenvalue weighted by molar-refractivity contribution is 6.06. The molecule has 2 amide bonds. The number of carbonyl (C=O) groups is 3. The van der Waals surface area contributed by atoms with E-state index in [1.807, 2.05) is 0 Å². The van der Waals surface area contributed by atoms with Gasteiger partial charge in [0.1, 0.15) is 18.1 Å². The molecule has 0 radical (unpaired) electrons. The van der Waals surface area contributed by atoms with Crippen LogP contribution in [0.25, 0.3) is 0 Å². The number of Topliss-reactive ketones (excluding diaryl/α,β-unsaturated/α-hetero) is 1. The van der Waals surface area contributed by atoms with Crippen molar-refractivity contribution in [2.24, 2.45) is 0 Å². The minimum Gasteiger partial charge on any atom is -0.482 e. The minimum absolute atomic E-state index is 0.0680. The Morgan fingerprint density at radius 2 is 1.92 bits per heavy atom. The molecule has 0 aromatic heterocycles. The van der Waals surface area contributed by atoms with E-state index < -0.39 is 11.7 Å². The molecule has 1 N–H and O–H groups in total. The highest BCUT2D eigenvalue weighted by atomic mass is 19.1. The summed E-state index contributed by atoms with van der Waals surface area (Å²) in [6, 6.07) is 10.1. The fourth-order valence-corrected chi connectivity index (χ4v) is 2.63. The number of fused-ring (bicyclic) bond motifs is 1. The van der Waals surface area contributed by atoms with Crippen LogP contribution in [-0.4, -0.2) is 30.7 Å². The van der Waals surface area contributed by atoms with Crippen LogP contribution in [0, 0.1) is 5.82 Å². The normalized spacial score (nSPS) is 13.0. The molecule has 0 saturated carbocycles. The lowest BCUT2D eigenvalue weighted by atomic mass is 10.1. The molecule has 0 saturated heterocycles. The molecule has 1 heterocycles. The van der Waals surface area contributed by atoms with Gasteiger partial charge in [-0.15, -0.1) is 0 Å². The number of anilines is 2. The molecule has 0 spiro atoms. The van der Waals surface area contributed by atoms with E-state index in [0.29, 0.717) is 29.1 Å². The summed E-state index contributed by atoms with van der Waals surface area (Å²) in [6.07, 6.45) is 0.332. The van der Waals surface area contributed by atoms with Gasteiger partial charge in [0.25, 0.3) is 5.91 Å². The monoisotopic (exact) mass is 356 g/mol. The molecule has 2 aromatic carbocycles. The third-order valence-corrected chi connectivity index (χ3v) is 3.97. The van der Waals surface area contributed by atoms with Crippen molar-refractivity contribution < 1.29 is 23.5 Å². The number of benzene rings is 2. The SMILES string of the molecule is CCC(=O)c1ccc2c(c1)N(CC(=O)Nc1ccc(F)cc1)C(=O)CO2. The van der Waals surface area contributed by atoms with E-state index >= 15 is 0 Å². The lowest BCUT2D eigenvalue weighted by Crippen LogP contribution is -2.43. The Morgan fingerprint density at radius 1 is 1.19 bits per heavy atom. The molecule has 6 nitrogen and oxygen atoms in total. The molecule has 0 bridgehead atoms. The Labute approximate surface area is 149 Å². The van der Waals surface area contributed by atoms with Crippen molar-refractivity contribution >= 4 is 29.0 Å². The van der Waals surface area contributed by atoms with Gasteiger partial charge in [0, 0.05) is 17.7 Å². The molecule has 2 aromatic rings. The minimum atomic E-state index is -0.440. The average molecular weight is 356 g/mol. The number of hydrogen-bond donors (Lipinski definition) is 1. The van der Waals surface area contributed by atoms with Gasteiger partial charge in [-0.1, -0.05) is 6.92 Å². The summed E-state index contributed by atoms with van der Waals surface area (Å²) in [6.45, 7) is 1.32. The van der Waals surface area contributed by atoms with Gasteiger partial charge in [0.05, 0.1) is 5.69 Å². The Hall–Kier alpha value is -3.22. The number of hydrogen-bond acceptors (Lipinski definition) is 4. The Balaban J connectivity index is 1.81. The lowest BCUT2D eigenvalue weighted by molar-refractivity contribution is -0.123. The van der Waals surface area contributed by atoms with Gasteiger partial charge in [-0.05, 0) is 42.5 Å². The largest absolute Gasteiger partial charge is 0.482 e. The molecule has 3 rings (SSSR count). The molecule has 0 atom stereocenters. The maximum Gasteiger partial charge on any atom is 0.265 e. The summed E-state index contributed by atoms with van der Waals surface area (Å²) in [5.74, 6) is -0.861. The molecule has 26 heavy (non-hydrogen) atoms. The van der Waals surface area contributed by atoms with Crippen molar-refractivity contribution in [3.8, 4) is 5.75 Å².